The molecule has 4 rings (SSSR count). The van der Waals surface area contributed by atoms with E-state index in [4.69, 9.17) is 27.9 Å². The van der Waals surface area contributed by atoms with Gasteiger partial charge in [0.05, 0.1) is 18.2 Å². The van der Waals surface area contributed by atoms with Gasteiger partial charge in [-0.1, -0.05) is 41.4 Å². The Bertz CT molecular complexity index is 1600. The SMILES string of the molecule is Cc1cc(/C=N/NC(=O)CN(c2ccc(Oc3ccccc3)cc2)S(C)(=O)=O)c(C)n1-c1cc(Cl)cc(Cl)c1. The van der Waals surface area contributed by atoms with Gasteiger partial charge in [-0.05, 0) is 74.5 Å². The van der Waals surface area contributed by atoms with Crippen molar-refractivity contribution in [2.75, 3.05) is 17.1 Å². The molecule has 202 valence electrons. The van der Waals surface area contributed by atoms with E-state index in [1.165, 1.54) is 6.21 Å². The van der Waals surface area contributed by atoms with Gasteiger partial charge in [-0.15, -0.1) is 0 Å². The van der Waals surface area contributed by atoms with Crippen molar-refractivity contribution in [3.8, 4) is 17.2 Å². The molecule has 4 aromatic rings. The van der Waals surface area contributed by atoms with E-state index in [2.05, 4.69) is 10.5 Å². The van der Waals surface area contributed by atoms with Crippen molar-refractivity contribution in [3.63, 3.8) is 0 Å². The number of anilines is 1. The van der Waals surface area contributed by atoms with Crippen molar-refractivity contribution < 1.29 is 17.9 Å². The molecule has 0 spiro atoms. The van der Waals surface area contributed by atoms with Crippen LogP contribution in [0.4, 0.5) is 5.69 Å². The number of hydrogen-bond acceptors (Lipinski definition) is 5. The summed E-state index contributed by atoms with van der Waals surface area (Å²) in [6.45, 7) is 3.38. The second-order valence-electron chi connectivity index (χ2n) is 8.76. The summed E-state index contributed by atoms with van der Waals surface area (Å²) >= 11 is 12.3. The van der Waals surface area contributed by atoms with Crippen LogP contribution in [0.2, 0.25) is 10.0 Å². The summed E-state index contributed by atoms with van der Waals surface area (Å²) in [6, 6.07) is 22.8. The van der Waals surface area contributed by atoms with Crippen LogP contribution >= 0.6 is 23.2 Å². The molecule has 1 N–H and O–H groups in total. The highest BCUT2D eigenvalue weighted by molar-refractivity contribution is 7.92. The number of aromatic nitrogens is 1. The first-order chi connectivity index (χ1) is 18.5. The van der Waals surface area contributed by atoms with Crippen LogP contribution in [0.3, 0.4) is 0 Å². The summed E-state index contributed by atoms with van der Waals surface area (Å²) in [6.07, 6.45) is 2.54. The molecular formula is C28H26Cl2N4O4S. The first-order valence-electron chi connectivity index (χ1n) is 11.8. The van der Waals surface area contributed by atoms with Crippen LogP contribution in [0, 0.1) is 13.8 Å². The van der Waals surface area contributed by atoms with Crippen LogP contribution in [-0.2, 0) is 14.8 Å². The lowest BCUT2D eigenvalue weighted by Gasteiger charge is -2.21. The third-order valence-corrected chi connectivity index (χ3v) is 7.34. The van der Waals surface area contributed by atoms with Crippen LogP contribution in [-0.4, -0.2) is 37.9 Å². The highest BCUT2D eigenvalue weighted by Crippen LogP contribution is 2.27. The molecule has 0 saturated carbocycles. The van der Waals surface area contributed by atoms with Gasteiger partial charge in [0, 0.05) is 32.7 Å². The predicted molar refractivity (Wildman–Crippen MR) is 156 cm³/mol. The van der Waals surface area contributed by atoms with Crippen LogP contribution in [0.1, 0.15) is 17.0 Å². The number of ether oxygens (including phenoxy) is 1. The Morgan fingerprint density at radius 2 is 1.59 bits per heavy atom. The lowest BCUT2D eigenvalue weighted by Crippen LogP contribution is -2.39. The Kier molecular flexibility index (Phi) is 8.64. The average molecular weight is 586 g/mol. The normalized spacial score (nSPS) is 11.5. The number of halogens is 2. The number of nitrogens with zero attached hydrogens (tertiary/aromatic N) is 3. The maximum absolute atomic E-state index is 12.6. The molecule has 0 atom stereocenters. The fourth-order valence-electron chi connectivity index (χ4n) is 4.03. The first-order valence-corrected chi connectivity index (χ1v) is 14.4. The quantitative estimate of drug-likeness (QED) is 0.190. The Hall–Kier alpha value is -3.79. The highest BCUT2D eigenvalue weighted by atomic mass is 35.5. The molecule has 0 radical (unpaired) electrons. The molecule has 0 fully saturated rings. The minimum atomic E-state index is -3.75. The number of rotatable bonds is 9. The molecule has 3 aromatic carbocycles. The van der Waals surface area contributed by atoms with Crippen LogP contribution in [0.5, 0.6) is 11.5 Å². The number of aryl methyl sites for hydroxylation is 1. The van der Waals surface area contributed by atoms with Crippen LogP contribution < -0.4 is 14.5 Å². The number of benzene rings is 3. The second kappa shape index (κ2) is 11.9. The zero-order valence-electron chi connectivity index (χ0n) is 21.4. The average Bonchev–Trinajstić information content (AvgIpc) is 3.15. The minimum absolute atomic E-state index is 0.320. The number of para-hydroxylation sites is 1. The predicted octanol–water partition coefficient (Wildman–Crippen LogP) is 6.11. The number of nitrogens with one attached hydrogen (secondary N) is 1. The van der Waals surface area contributed by atoms with Crippen molar-refractivity contribution in [2.24, 2.45) is 5.10 Å². The molecule has 0 aliphatic heterocycles. The summed E-state index contributed by atoms with van der Waals surface area (Å²) < 4.78 is 33.6. The van der Waals surface area contributed by atoms with Gasteiger partial charge in [0.1, 0.15) is 18.0 Å². The molecule has 0 aliphatic carbocycles. The van der Waals surface area contributed by atoms with Gasteiger partial charge in [-0.2, -0.15) is 5.10 Å². The molecule has 0 saturated heterocycles. The molecule has 0 unspecified atom stereocenters. The van der Waals surface area contributed by atoms with E-state index in [0.29, 0.717) is 27.2 Å². The number of amides is 1. The third kappa shape index (κ3) is 7.20. The van der Waals surface area contributed by atoms with E-state index in [9.17, 15) is 13.2 Å². The molecule has 0 aliphatic rings. The first kappa shape index (κ1) is 28.2. The van der Waals surface area contributed by atoms with Crippen molar-refractivity contribution in [2.45, 2.75) is 13.8 Å². The van der Waals surface area contributed by atoms with E-state index in [1.807, 2.05) is 54.8 Å². The number of hydrazone groups is 1. The summed E-state index contributed by atoms with van der Waals surface area (Å²) in [5, 5.41) is 5.07. The monoisotopic (exact) mass is 584 g/mol. The molecule has 39 heavy (non-hydrogen) atoms. The Morgan fingerprint density at radius 1 is 0.974 bits per heavy atom. The smallest absolute Gasteiger partial charge is 0.260 e. The Balaban J connectivity index is 1.44. The van der Waals surface area contributed by atoms with E-state index in [1.54, 1.807) is 42.5 Å². The fraction of sp³-hybridized carbons (Fsp3) is 0.143. The topological polar surface area (TPSA) is 93.0 Å². The molecular weight excluding hydrogens is 559 g/mol. The second-order valence-corrected chi connectivity index (χ2v) is 11.5. The molecule has 1 amide bonds. The van der Waals surface area contributed by atoms with Crippen LogP contribution in [0.25, 0.3) is 5.69 Å². The molecule has 0 bridgehead atoms. The Labute approximate surface area is 237 Å². The summed E-state index contributed by atoms with van der Waals surface area (Å²) in [7, 11) is -3.75. The van der Waals surface area contributed by atoms with Gasteiger partial charge in [-0.25, -0.2) is 13.8 Å². The summed E-state index contributed by atoms with van der Waals surface area (Å²) in [5.41, 5.74) is 6.07. The van der Waals surface area contributed by atoms with Crippen LogP contribution in [0.15, 0.2) is 84.0 Å². The number of sulfonamides is 1. The Morgan fingerprint density at radius 3 is 2.21 bits per heavy atom. The lowest BCUT2D eigenvalue weighted by molar-refractivity contribution is -0.119. The van der Waals surface area contributed by atoms with Gasteiger partial charge in [0.25, 0.3) is 5.91 Å². The molecule has 1 aromatic heterocycles. The molecule has 1 heterocycles. The number of hydrogen-bond donors (Lipinski definition) is 1. The van der Waals surface area contributed by atoms with E-state index >= 15 is 0 Å². The number of carbonyl (C=O) groups excluding carboxylic acids is 1. The van der Waals surface area contributed by atoms with Crippen molar-refractivity contribution in [1.29, 1.82) is 0 Å². The third-order valence-electron chi connectivity index (χ3n) is 5.76. The lowest BCUT2D eigenvalue weighted by atomic mass is 10.2. The standard InChI is InChI=1S/C28H26Cl2N4O4S/c1-19-13-21(20(2)34(19)25-15-22(29)14-23(30)16-25)17-31-32-28(35)18-33(39(3,36)37)24-9-11-27(12-10-24)38-26-7-5-4-6-8-26/h4-17H,18H2,1-3H3,(H,32,35)/b31-17+. The van der Waals surface area contributed by atoms with Crippen molar-refractivity contribution in [1.82, 2.24) is 9.99 Å². The summed E-state index contributed by atoms with van der Waals surface area (Å²) in [4.78, 5) is 12.6. The zero-order valence-corrected chi connectivity index (χ0v) is 23.8. The van der Waals surface area contributed by atoms with E-state index < -0.39 is 22.5 Å². The van der Waals surface area contributed by atoms with Crippen molar-refractivity contribution in [3.05, 3.63) is 106 Å². The highest BCUT2D eigenvalue weighted by Gasteiger charge is 2.21. The van der Waals surface area contributed by atoms with Gasteiger partial charge < -0.3 is 9.30 Å². The maximum atomic E-state index is 12.6. The van der Waals surface area contributed by atoms with Gasteiger partial charge >= 0.3 is 0 Å². The van der Waals surface area contributed by atoms with Gasteiger partial charge in [0.2, 0.25) is 10.0 Å². The molecule has 11 heteroatoms. The maximum Gasteiger partial charge on any atom is 0.260 e. The fourth-order valence-corrected chi connectivity index (χ4v) is 5.40. The van der Waals surface area contributed by atoms with E-state index in [-0.39, 0.29) is 0 Å². The molecule has 8 nitrogen and oxygen atoms in total. The van der Waals surface area contributed by atoms with Crippen molar-refractivity contribution >= 4 is 51.0 Å². The largest absolute Gasteiger partial charge is 0.457 e. The summed E-state index contributed by atoms with van der Waals surface area (Å²) in [5.74, 6) is 0.585. The van der Waals surface area contributed by atoms with Gasteiger partial charge in [-0.3, -0.25) is 9.10 Å². The van der Waals surface area contributed by atoms with Gasteiger partial charge in [0.15, 0.2) is 0 Å². The zero-order chi connectivity index (χ0) is 28.2. The number of carbonyl (C=O) groups is 1. The van der Waals surface area contributed by atoms with E-state index in [0.717, 1.165) is 33.2 Å². The minimum Gasteiger partial charge on any atom is -0.457 e.